The first-order valence-electron chi connectivity index (χ1n) is 11.4. The highest BCUT2D eigenvalue weighted by molar-refractivity contribution is 5.92. The first-order chi connectivity index (χ1) is 13.8. The van der Waals surface area contributed by atoms with Gasteiger partial charge in [0.1, 0.15) is 6.61 Å². The highest BCUT2D eigenvalue weighted by Gasteiger charge is 2.50. The fourth-order valence-corrected chi connectivity index (χ4v) is 6.25. The number of aliphatic hydroxyl groups is 1. The molecule has 0 spiro atoms. The number of carbonyl (C=O) groups excluding carboxylic acids is 3. The van der Waals surface area contributed by atoms with E-state index < -0.39 is 12.2 Å². The molecule has 5 heteroatoms. The van der Waals surface area contributed by atoms with Gasteiger partial charge in [-0.2, -0.15) is 0 Å². The molecule has 29 heavy (non-hydrogen) atoms. The fourth-order valence-electron chi connectivity index (χ4n) is 6.25. The Kier molecular flexibility index (Phi) is 6.67. The zero-order chi connectivity index (χ0) is 21.2. The van der Waals surface area contributed by atoms with E-state index in [0.29, 0.717) is 37.0 Å². The second-order valence-corrected chi connectivity index (χ2v) is 9.67. The van der Waals surface area contributed by atoms with Crippen LogP contribution in [-0.2, 0) is 19.1 Å². The van der Waals surface area contributed by atoms with Gasteiger partial charge < -0.3 is 9.84 Å². The topological polar surface area (TPSA) is 80.7 Å². The molecule has 3 rings (SSSR count). The molecule has 0 aliphatic heterocycles. The molecule has 5 atom stereocenters. The highest BCUT2D eigenvalue weighted by atomic mass is 16.6. The molecule has 0 amide bonds. The summed E-state index contributed by atoms with van der Waals surface area (Å²) in [7, 11) is 0. The van der Waals surface area contributed by atoms with E-state index in [2.05, 4.69) is 13.8 Å². The van der Waals surface area contributed by atoms with Gasteiger partial charge in [0.15, 0.2) is 11.4 Å². The Morgan fingerprint density at radius 1 is 1.17 bits per heavy atom. The molecule has 0 aromatic heterocycles. The van der Waals surface area contributed by atoms with E-state index in [0.717, 1.165) is 38.5 Å². The molecule has 1 N–H and O–H groups in total. The molecule has 0 saturated heterocycles. The summed E-state index contributed by atoms with van der Waals surface area (Å²) in [5, 5.41) is 9.58. The molecule has 0 heterocycles. The lowest BCUT2D eigenvalue weighted by molar-refractivity contribution is -0.171. The van der Waals surface area contributed by atoms with Crippen molar-refractivity contribution in [2.75, 3.05) is 6.61 Å². The average molecular weight is 405 g/mol. The number of ketones is 2. The van der Waals surface area contributed by atoms with Crippen molar-refractivity contribution in [2.24, 2.45) is 23.2 Å². The third-order valence-electron chi connectivity index (χ3n) is 8.12. The third-order valence-corrected chi connectivity index (χ3v) is 8.12. The van der Waals surface area contributed by atoms with E-state index in [1.807, 2.05) is 6.08 Å². The summed E-state index contributed by atoms with van der Waals surface area (Å²) < 4.78 is 5.71. The second-order valence-electron chi connectivity index (χ2n) is 9.67. The molecule has 0 bridgehead atoms. The van der Waals surface area contributed by atoms with Gasteiger partial charge in [-0.1, -0.05) is 26.3 Å². The van der Waals surface area contributed by atoms with Crippen LogP contribution in [0.3, 0.4) is 0 Å². The van der Waals surface area contributed by atoms with Crippen molar-refractivity contribution < 1.29 is 24.2 Å². The maximum absolute atomic E-state index is 12.7. The number of allylic oxidation sites excluding steroid dienone is 2. The van der Waals surface area contributed by atoms with Gasteiger partial charge >= 0.3 is 5.97 Å². The van der Waals surface area contributed by atoms with Gasteiger partial charge in [-0.3, -0.25) is 14.4 Å². The lowest BCUT2D eigenvalue weighted by atomic mass is 9.53. The summed E-state index contributed by atoms with van der Waals surface area (Å²) in [4.78, 5) is 36.8. The highest BCUT2D eigenvalue weighted by Crippen LogP contribution is 2.57. The summed E-state index contributed by atoms with van der Waals surface area (Å²) in [5.41, 5.74) is 0.182. The van der Waals surface area contributed by atoms with Crippen molar-refractivity contribution >= 4 is 17.5 Å². The number of ether oxygens (including phenoxy) is 1. The van der Waals surface area contributed by atoms with E-state index in [1.54, 1.807) is 6.92 Å². The Hall–Kier alpha value is -1.49. The lowest BCUT2D eigenvalue weighted by Gasteiger charge is -2.51. The van der Waals surface area contributed by atoms with E-state index in [1.165, 1.54) is 5.57 Å². The van der Waals surface area contributed by atoms with Crippen LogP contribution >= 0.6 is 0 Å². The smallest absolute Gasteiger partial charge is 0.306 e. The van der Waals surface area contributed by atoms with Crippen molar-refractivity contribution in [3.63, 3.8) is 0 Å². The molecule has 3 aliphatic rings. The third kappa shape index (κ3) is 4.21. The van der Waals surface area contributed by atoms with E-state index in [-0.39, 0.29) is 29.4 Å². The number of hydrogen-bond acceptors (Lipinski definition) is 5. The normalized spacial score (nSPS) is 37.9. The Balaban J connectivity index is 1.89. The van der Waals surface area contributed by atoms with Gasteiger partial charge in [0, 0.05) is 12.8 Å². The van der Waals surface area contributed by atoms with Gasteiger partial charge in [0.2, 0.25) is 5.78 Å². The molecule has 162 valence electrons. The second kappa shape index (κ2) is 8.71. The van der Waals surface area contributed by atoms with Crippen molar-refractivity contribution in [1.82, 2.24) is 0 Å². The summed E-state index contributed by atoms with van der Waals surface area (Å²) >= 11 is 0. The molecule has 0 aromatic carbocycles. The van der Waals surface area contributed by atoms with E-state index in [9.17, 15) is 19.5 Å². The number of hydrogen-bond donors (Lipinski definition) is 1. The van der Waals surface area contributed by atoms with Crippen LogP contribution in [0.2, 0.25) is 0 Å². The number of carbonyl (C=O) groups is 3. The SMILES string of the molecule is CCC(=O)O[C@@]1(C(=O)CO)CCC[C@H]2[C@@H](CCC3=CC(=O)CC[C@@]32C)[C@@H](C)CC1. The fraction of sp³-hybridized carbons (Fsp3) is 0.792. The quantitative estimate of drug-likeness (QED) is 0.712. The first-order valence-corrected chi connectivity index (χ1v) is 11.4. The minimum absolute atomic E-state index is 0.0547. The van der Waals surface area contributed by atoms with Gasteiger partial charge in [0.05, 0.1) is 0 Å². The lowest BCUT2D eigenvalue weighted by Crippen LogP contribution is -2.45. The summed E-state index contributed by atoms with van der Waals surface area (Å²) in [6.45, 7) is 5.72. The zero-order valence-electron chi connectivity index (χ0n) is 18.2. The molecule has 2 fully saturated rings. The van der Waals surface area contributed by atoms with Crippen molar-refractivity contribution in [2.45, 2.75) is 90.6 Å². The summed E-state index contributed by atoms with van der Waals surface area (Å²) in [5.74, 6) is 0.941. The Labute approximate surface area is 174 Å². The zero-order valence-corrected chi connectivity index (χ0v) is 18.2. The number of aliphatic hydroxyl groups excluding tert-OH is 1. The van der Waals surface area contributed by atoms with E-state index >= 15 is 0 Å². The van der Waals surface area contributed by atoms with Crippen molar-refractivity contribution in [3.8, 4) is 0 Å². The largest absolute Gasteiger partial charge is 0.451 e. The molecule has 0 unspecified atom stereocenters. The minimum Gasteiger partial charge on any atom is -0.451 e. The number of Topliss-reactive ketones (excluding diaryl/α,β-unsaturated/α-hetero) is 1. The maximum Gasteiger partial charge on any atom is 0.306 e. The van der Waals surface area contributed by atoms with Gasteiger partial charge in [-0.05, 0) is 80.6 Å². The predicted molar refractivity (Wildman–Crippen MR) is 110 cm³/mol. The van der Waals surface area contributed by atoms with Crippen LogP contribution in [0.4, 0.5) is 0 Å². The number of fused-ring (bicyclic) bond motifs is 3. The summed E-state index contributed by atoms with van der Waals surface area (Å²) in [6, 6.07) is 0. The monoisotopic (exact) mass is 404 g/mol. The van der Waals surface area contributed by atoms with Gasteiger partial charge in [-0.25, -0.2) is 0 Å². The van der Waals surface area contributed by atoms with Crippen LogP contribution in [0.5, 0.6) is 0 Å². The Bertz CT molecular complexity index is 695. The number of rotatable bonds is 4. The van der Waals surface area contributed by atoms with Crippen LogP contribution in [0.1, 0.15) is 85.0 Å². The standard InChI is InChI=1S/C24H36O5/c1-4-22(28)29-24(21(27)15-25)11-5-6-20-19(16(2)9-13-24)8-7-17-14-18(26)10-12-23(17,20)3/h14,16,19-20,25H,4-13,15H2,1-3H3/t16-,19-,20-,23-,24-/m0/s1. The molecule has 5 nitrogen and oxygen atoms in total. The van der Waals surface area contributed by atoms with Crippen LogP contribution in [0.25, 0.3) is 0 Å². The molecular formula is C24H36O5. The predicted octanol–water partition coefficient (Wildman–Crippen LogP) is 4.16. The molecule has 2 saturated carbocycles. The maximum atomic E-state index is 12.7. The van der Waals surface area contributed by atoms with Crippen LogP contribution in [0.15, 0.2) is 11.6 Å². The van der Waals surface area contributed by atoms with Crippen molar-refractivity contribution in [3.05, 3.63) is 11.6 Å². The van der Waals surface area contributed by atoms with Gasteiger partial charge in [-0.15, -0.1) is 0 Å². The van der Waals surface area contributed by atoms with E-state index in [4.69, 9.17) is 4.74 Å². The Morgan fingerprint density at radius 3 is 2.62 bits per heavy atom. The van der Waals surface area contributed by atoms with Crippen molar-refractivity contribution in [1.29, 1.82) is 0 Å². The molecule has 3 aliphatic carbocycles. The first kappa shape index (κ1) is 22.2. The number of esters is 1. The summed E-state index contributed by atoms with van der Waals surface area (Å²) in [6.07, 6.45) is 9.24. The molecule has 0 aromatic rings. The van der Waals surface area contributed by atoms with Crippen LogP contribution < -0.4 is 0 Å². The van der Waals surface area contributed by atoms with Gasteiger partial charge in [0.25, 0.3) is 0 Å². The Morgan fingerprint density at radius 2 is 1.93 bits per heavy atom. The van der Waals surface area contributed by atoms with Crippen LogP contribution in [-0.4, -0.2) is 34.9 Å². The molecular weight excluding hydrogens is 368 g/mol. The average Bonchev–Trinajstić information content (AvgIpc) is 2.77. The molecule has 0 radical (unpaired) electrons. The van der Waals surface area contributed by atoms with Crippen LogP contribution in [0, 0.1) is 23.2 Å². The minimum atomic E-state index is -1.19.